The molecule has 0 fully saturated rings. The molecule has 0 spiro atoms. The summed E-state index contributed by atoms with van der Waals surface area (Å²) >= 11 is 6.21. The van der Waals surface area contributed by atoms with Crippen LogP contribution in [-0.2, 0) is 7.05 Å². The van der Waals surface area contributed by atoms with Gasteiger partial charge < -0.3 is 9.84 Å². The van der Waals surface area contributed by atoms with Crippen LogP contribution in [0.2, 0.25) is 5.02 Å². The number of aromatic nitrogens is 3. The molecule has 1 aromatic carbocycles. The van der Waals surface area contributed by atoms with E-state index in [-0.39, 0.29) is 11.7 Å². The Bertz CT molecular complexity index is 850. The molecule has 2 aromatic heterocycles. The molecule has 7 heteroatoms. The van der Waals surface area contributed by atoms with Gasteiger partial charge in [-0.2, -0.15) is 5.10 Å². The third-order valence-electron chi connectivity index (χ3n) is 3.40. The van der Waals surface area contributed by atoms with E-state index in [9.17, 15) is 4.79 Å². The number of amides is 1. The normalized spacial score (nSPS) is 11.3. The lowest BCUT2D eigenvalue weighted by molar-refractivity contribution is 0.0987. The molecule has 2 heterocycles. The molecule has 0 bridgehead atoms. The number of hydrogen-bond donors (Lipinski definition) is 1. The topological polar surface area (TPSA) is 73.0 Å². The van der Waals surface area contributed by atoms with Crippen LogP contribution in [0.3, 0.4) is 0 Å². The van der Waals surface area contributed by atoms with Crippen molar-refractivity contribution in [3.63, 3.8) is 0 Å². The van der Waals surface area contributed by atoms with Gasteiger partial charge >= 0.3 is 0 Å². The van der Waals surface area contributed by atoms with Crippen molar-refractivity contribution in [1.82, 2.24) is 14.9 Å². The van der Waals surface area contributed by atoms with Gasteiger partial charge in [0.25, 0.3) is 5.91 Å². The fourth-order valence-electron chi connectivity index (χ4n) is 2.20. The summed E-state index contributed by atoms with van der Waals surface area (Å²) in [5, 5.41) is 12.1. The van der Waals surface area contributed by atoms with Crippen molar-refractivity contribution in [3.05, 3.63) is 40.7 Å². The van der Waals surface area contributed by atoms with Gasteiger partial charge in [-0.3, -0.25) is 9.48 Å². The van der Waals surface area contributed by atoms with Crippen LogP contribution in [0, 0.1) is 0 Å². The lowest BCUT2D eigenvalue weighted by Crippen LogP contribution is -2.12. The summed E-state index contributed by atoms with van der Waals surface area (Å²) in [6.07, 6.45) is 0. The van der Waals surface area contributed by atoms with Crippen LogP contribution >= 0.6 is 11.6 Å². The molecule has 3 rings (SSSR count). The molecule has 0 aliphatic carbocycles. The Morgan fingerprint density at radius 1 is 1.41 bits per heavy atom. The molecular formula is C15H15ClN4O2. The predicted molar refractivity (Wildman–Crippen MR) is 84.3 cm³/mol. The molecule has 0 aliphatic rings. The highest BCUT2D eigenvalue weighted by Crippen LogP contribution is 2.30. The van der Waals surface area contributed by atoms with E-state index in [1.807, 2.05) is 26.0 Å². The van der Waals surface area contributed by atoms with Gasteiger partial charge in [0.15, 0.2) is 5.82 Å². The molecule has 3 aromatic rings. The Morgan fingerprint density at radius 3 is 2.86 bits per heavy atom. The van der Waals surface area contributed by atoms with Gasteiger partial charge in [-0.05, 0) is 18.1 Å². The molecule has 0 unspecified atom stereocenters. The Hall–Kier alpha value is -2.34. The molecule has 114 valence electrons. The van der Waals surface area contributed by atoms with Crippen molar-refractivity contribution in [2.45, 2.75) is 19.8 Å². The van der Waals surface area contributed by atoms with Crippen LogP contribution in [0.25, 0.3) is 10.9 Å². The summed E-state index contributed by atoms with van der Waals surface area (Å²) in [6, 6.07) is 7.11. The van der Waals surface area contributed by atoms with Crippen molar-refractivity contribution in [3.8, 4) is 0 Å². The molecule has 22 heavy (non-hydrogen) atoms. The SMILES string of the molecule is CC(C)c1cc(C(=O)Nc2nn(C)c3cccc(Cl)c23)on1. The first-order chi connectivity index (χ1) is 10.5. The Kier molecular flexibility index (Phi) is 3.62. The average molecular weight is 319 g/mol. The van der Waals surface area contributed by atoms with Gasteiger partial charge in [-0.15, -0.1) is 0 Å². The molecule has 1 amide bonds. The number of nitrogens with zero attached hydrogens (tertiary/aromatic N) is 3. The van der Waals surface area contributed by atoms with Crippen molar-refractivity contribution >= 4 is 34.2 Å². The van der Waals surface area contributed by atoms with Gasteiger partial charge in [-0.25, -0.2) is 0 Å². The smallest absolute Gasteiger partial charge is 0.295 e. The summed E-state index contributed by atoms with van der Waals surface area (Å²) in [5.74, 6) is 0.333. The van der Waals surface area contributed by atoms with E-state index in [1.54, 1.807) is 23.9 Å². The zero-order valence-electron chi connectivity index (χ0n) is 12.4. The van der Waals surface area contributed by atoms with Crippen molar-refractivity contribution in [2.75, 3.05) is 5.32 Å². The molecule has 0 saturated carbocycles. The molecule has 0 radical (unpaired) electrons. The minimum absolute atomic E-state index is 0.148. The summed E-state index contributed by atoms with van der Waals surface area (Å²) in [4.78, 5) is 12.3. The molecule has 1 N–H and O–H groups in total. The number of nitrogens with one attached hydrogen (secondary N) is 1. The first kappa shape index (κ1) is 14.6. The number of carbonyl (C=O) groups is 1. The highest BCUT2D eigenvalue weighted by Gasteiger charge is 2.19. The molecule has 0 aliphatic heterocycles. The van der Waals surface area contributed by atoms with E-state index in [0.717, 1.165) is 11.2 Å². The van der Waals surface area contributed by atoms with Gasteiger partial charge in [0, 0.05) is 13.1 Å². The maximum Gasteiger partial charge on any atom is 0.295 e. The van der Waals surface area contributed by atoms with Crippen LogP contribution in [0.5, 0.6) is 0 Å². The fraction of sp³-hybridized carbons (Fsp3) is 0.267. The van der Waals surface area contributed by atoms with Gasteiger partial charge in [-0.1, -0.05) is 36.7 Å². The van der Waals surface area contributed by atoms with Crippen LogP contribution in [0.1, 0.15) is 36.0 Å². The van der Waals surface area contributed by atoms with Gasteiger partial charge in [0.1, 0.15) is 0 Å². The zero-order valence-corrected chi connectivity index (χ0v) is 13.2. The minimum atomic E-state index is -0.403. The van der Waals surface area contributed by atoms with Crippen molar-refractivity contribution in [1.29, 1.82) is 0 Å². The largest absolute Gasteiger partial charge is 0.351 e. The maximum absolute atomic E-state index is 12.3. The quantitative estimate of drug-likeness (QED) is 0.801. The van der Waals surface area contributed by atoms with E-state index in [0.29, 0.717) is 16.2 Å². The number of benzene rings is 1. The number of aryl methyl sites for hydroxylation is 1. The second-order valence-electron chi connectivity index (χ2n) is 5.33. The van der Waals surface area contributed by atoms with E-state index in [4.69, 9.17) is 16.1 Å². The van der Waals surface area contributed by atoms with E-state index < -0.39 is 5.91 Å². The lowest BCUT2D eigenvalue weighted by Gasteiger charge is -2.00. The highest BCUT2D eigenvalue weighted by atomic mass is 35.5. The summed E-state index contributed by atoms with van der Waals surface area (Å²) in [7, 11) is 1.79. The van der Waals surface area contributed by atoms with Crippen molar-refractivity contribution in [2.24, 2.45) is 7.05 Å². The van der Waals surface area contributed by atoms with Gasteiger partial charge in [0.2, 0.25) is 5.76 Å². The van der Waals surface area contributed by atoms with E-state index in [1.165, 1.54) is 0 Å². The fourth-order valence-corrected chi connectivity index (χ4v) is 2.45. The number of hydrogen-bond acceptors (Lipinski definition) is 4. The number of anilines is 1. The predicted octanol–water partition coefficient (Wildman–Crippen LogP) is 3.59. The molecule has 6 nitrogen and oxygen atoms in total. The van der Waals surface area contributed by atoms with E-state index in [2.05, 4.69) is 15.6 Å². The van der Waals surface area contributed by atoms with Gasteiger partial charge in [0.05, 0.1) is 21.6 Å². The first-order valence-corrected chi connectivity index (χ1v) is 7.24. The molecule has 0 atom stereocenters. The number of halogens is 1. The Balaban J connectivity index is 1.94. The second-order valence-corrected chi connectivity index (χ2v) is 5.74. The third-order valence-corrected chi connectivity index (χ3v) is 3.72. The average Bonchev–Trinajstić information content (AvgIpc) is 3.06. The van der Waals surface area contributed by atoms with Crippen LogP contribution in [0.4, 0.5) is 5.82 Å². The Morgan fingerprint density at radius 2 is 2.18 bits per heavy atom. The molecule has 0 saturated heterocycles. The number of rotatable bonds is 3. The molecular weight excluding hydrogens is 304 g/mol. The standard InChI is InChI=1S/C15H15ClN4O2/c1-8(2)10-7-12(22-19-10)15(21)17-14-13-9(16)5-4-6-11(13)20(3)18-14/h4-8H,1-3H3,(H,17,18,21). The highest BCUT2D eigenvalue weighted by molar-refractivity contribution is 6.36. The number of fused-ring (bicyclic) bond motifs is 1. The summed E-state index contributed by atoms with van der Waals surface area (Å²) in [5.41, 5.74) is 1.57. The lowest BCUT2D eigenvalue weighted by atomic mass is 10.1. The first-order valence-electron chi connectivity index (χ1n) is 6.86. The summed E-state index contributed by atoms with van der Waals surface area (Å²) in [6.45, 7) is 3.96. The van der Waals surface area contributed by atoms with Crippen LogP contribution < -0.4 is 5.32 Å². The third kappa shape index (κ3) is 2.46. The number of carbonyl (C=O) groups excluding carboxylic acids is 1. The van der Waals surface area contributed by atoms with Crippen LogP contribution in [-0.4, -0.2) is 20.8 Å². The van der Waals surface area contributed by atoms with Crippen molar-refractivity contribution < 1.29 is 9.32 Å². The van der Waals surface area contributed by atoms with Crippen LogP contribution in [0.15, 0.2) is 28.8 Å². The van der Waals surface area contributed by atoms with E-state index >= 15 is 0 Å². The second kappa shape index (κ2) is 5.46. The monoisotopic (exact) mass is 318 g/mol. The Labute approximate surface area is 132 Å². The minimum Gasteiger partial charge on any atom is -0.351 e. The zero-order chi connectivity index (χ0) is 15.9. The summed E-state index contributed by atoms with van der Waals surface area (Å²) < 4.78 is 6.74. The maximum atomic E-state index is 12.3.